The van der Waals surface area contributed by atoms with Crippen LogP contribution in [0.3, 0.4) is 0 Å². The molecular weight excluding hydrogens is 226 g/mol. The van der Waals surface area contributed by atoms with Gasteiger partial charge in [0.2, 0.25) is 0 Å². The minimum Gasteiger partial charge on any atom is -0.477 e. The van der Waals surface area contributed by atoms with E-state index in [-0.39, 0.29) is 0 Å². The predicted molar refractivity (Wildman–Crippen MR) is 60.8 cm³/mol. The van der Waals surface area contributed by atoms with Crippen LogP contribution in [0, 0.1) is 0 Å². The monoisotopic (exact) mass is 237 g/mol. The van der Waals surface area contributed by atoms with Crippen LogP contribution in [-0.4, -0.2) is 16.1 Å². The van der Waals surface area contributed by atoms with Gasteiger partial charge in [-0.2, -0.15) is 0 Å². The number of thiazole rings is 1. The van der Waals surface area contributed by atoms with Gasteiger partial charge in [0.15, 0.2) is 0 Å². The minimum absolute atomic E-state index is 0.332. The fourth-order valence-electron chi connectivity index (χ4n) is 1.43. The van der Waals surface area contributed by atoms with Crippen LogP contribution in [-0.2, 0) is 6.42 Å². The van der Waals surface area contributed by atoms with Crippen molar-refractivity contribution in [3.63, 3.8) is 0 Å². The van der Waals surface area contributed by atoms with Crippen molar-refractivity contribution >= 4 is 17.3 Å². The van der Waals surface area contributed by atoms with E-state index in [1.807, 2.05) is 6.92 Å². The zero-order chi connectivity index (χ0) is 11.5. The maximum Gasteiger partial charge on any atom is 0.347 e. The van der Waals surface area contributed by atoms with Crippen molar-refractivity contribution in [3.8, 4) is 10.6 Å². The lowest BCUT2D eigenvalue weighted by atomic mass is 10.2. The van der Waals surface area contributed by atoms with Gasteiger partial charge in [0.25, 0.3) is 0 Å². The van der Waals surface area contributed by atoms with Crippen molar-refractivity contribution < 1.29 is 14.3 Å². The van der Waals surface area contributed by atoms with E-state index in [1.54, 1.807) is 18.6 Å². The lowest BCUT2D eigenvalue weighted by Gasteiger charge is -1.92. The van der Waals surface area contributed by atoms with Crippen molar-refractivity contribution in [1.29, 1.82) is 0 Å². The van der Waals surface area contributed by atoms with Gasteiger partial charge >= 0.3 is 5.97 Å². The largest absolute Gasteiger partial charge is 0.477 e. The van der Waals surface area contributed by atoms with Crippen LogP contribution in [0.25, 0.3) is 10.6 Å². The lowest BCUT2D eigenvalue weighted by molar-refractivity contribution is 0.0700. The highest BCUT2D eigenvalue weighted by atomic mass is 32.1. The maximum atomic E-state index is 11.0. The van der Waals surface area contributed by atoms with E-state index in [1.165, 1.54) is 11.3 Å². The van der Waals surface area contributed by atoms with Crippen molar-refractivity contribution in [3.05, 3.63) is 29.2 Å². The van der Waals surface area contributed by atoms with Crippen LogP contribution >= 0.6 is 11.3 Å². The molecule has 0 aliphatic heterocycles. The zero-order valence-electron chi connectivity index (χ0n) is 8.77. The Morgan fingerprint density at radius 2 is 2.44 bits per heavy atom. The Balaban J connectivity index is 2.42. The molecule has 0 spiro atoms. The van der Waals surface area contributed by atoms with E-state index in [4.69, 9.17) is 9.52 Å². The predicted octanol–water partition coefficient (Wildman–Crippen LogP) is 3.05. The van der Waals surface area contributed by atoms with E-state index >= 15 is 0 Å². The molecule has 0 atom stereocenters. The number of furan rings is 1. The molecule has 1 N–H and O–H groups in total. The highest BCUT2D eigenvalue weighted by Gasteiger charge is 2.17. The van der Waals surface area contributed by atoms with Gasteiger partial charge in [-0.1, -0.05) is 13.3 Å². The van der Waals surface area contributed by atoms with Crippen molar-refractivity contribution in [2.75, 3.05) is 0 Å². The first-order valence-electron chi connectivity index (χ1n) is 4.98. The molecule has 2 aromatic heterocycles. The standard InChI is InChI=1S/C11H11NO3S/c1-2-3-8-9(11(13)14)16-10(12-8)7-4-5-15-6-7/h4-6H,2-3H2,1H3,(H,13,14). The Bertz CT molecular complexity index is 487. The molecule has 0 radical (unpaired) electrons. The Kier molecular flexibility index (Phi) is 3.05. The average Bonchev–Trinajstić information content (AvgIpc) is 2.83. The molecule has 4 nitrogen and oxygen atoms in total. The normalized spacial score (nSPS) is 10.6. The molecule has 16 heavy (non-hydrogen) atoms. The summed E-state index contributed by atoms with van der Waals surface area (Å²) >= 11 is 1.19. The second-order valence-corrected chi connectivity index (χ2v) is 4.36. The number of hydrogen-bond donors (Lipinski definition) is 1. The molecule has 0 bridgehead atoms. The lowest BCUT2D eigenvalue weighted by Crippen LogP contribution is -1.98. The summed E-state index contributed by atoms with van der Waals surface area (Å²) in [6, 6.07) is 1.78. The first-order chi connectivity index (χ1) is 7.72. The maximum absolute atomic E-state index is 11.0. The summed E-state index contributed by atoms with van der Waals surface area (Å²) < 4.78 is 4.96. The molecule has 2 heterocycles. The Morgan fingerprint density at radius 1 is 1.62 bits per heavy atom. The Morgan fingerprint density at radius 3 is 3.00 bits per heavy atom. The van der Waals surface area contributed by atoms with Gasteiger partial charge < -0.3 is 9.52 Å². The van der Waals surface area contributed by atoms with E-state index in [2.05, 4.69) is 4.98 Å². The van der Waals surface area contributed by atoms with Crippen LogP contribution in [0.5, 0.6) is 0 Å². The molecular formula is C11H11NO3S. The van der Waals surface area contributed by atoms with Gasteiger partial charge in [-0.25, -0.2) is 9.78 Å². The number of aromatic nitrogens is 1. The van der Waals surface area contributed by atoms with Gasteiger partial charge in [0.05, 0.1) is 12.0 Å². The van der Waals surface area contributed by atoms with Crippen molar-refractivity contribution in [1.82, 2.24) is 4.98 Å². The van der Waals surface area contributed by atoms with E-state index in [0.717, 1.165) is 12.0 Å². The topological polar surface area (TPSA) is 63.3 Å². The Labute approximate surface area is 96.6 Å². The third kappa shape index (κ3) is 1.99. The smallest absolute Gasteiger partial charge is 0.347 e. The summed E-state index contributed by atoms with van der Waals surface area (Å²) in [7, 11) is 0. The number of carboxylic acids is 1. The van der Waals surface area contributed by atoms with Gasteiger partial charge in [0, 0.05) is 5.56 Å². The number of hydrogen-bond acceptors (Lipinski definition) is 4. The van der Waals surface area contributed by atoms with Gasteiger partial charge in [-0.15, -0.1) is 11.3 Å². The summed E-state index contributed by atoms with van der Waals surface area (Å²) in [5, 5.41) is 9.75. The first-order valence-corrected chi connectivity index (χ1v) is 5.79. The number of aromatic carboxylic acids is 1. The van der Waals surface area contributed by atoms with Crippen LogP contribution < -0.4 is 0 Å². The van der Waals surface area contributed by atoms with Crippen LogP contribution in [0.2, 0.25) is 0 Å². The zero-order valence-corrected chi connectivity index (χ0v) is 9.58. The molecule has 2 aromatic rings. The van der Waals surface area contributed by atoms with Gasteiger partial charge in [-0.3, -0.25) is 0 Å². The second-order valence-electron chi connectivity index (χ2n) is 3.36. The summed E-state index contributed by atoms with van der Waals surface area (Å²) in [5.74, 6) is -0.907. The number of nitrogens with zero attached hydrogens (tertiary/aromatic N) is 1. The third-order valence-electron chi connectivity index (χ3n) is 2.15. The molecule has 2 rings (SSSR count). The summed E-state index contributed by atoms with van der Waals surface area (Å²) in [6.45, 7) is 2.00. The van der Waals surface area contributed by atoms with Gasteiger partial charge in [0.1, 0.15) is 16.1 Å². The summed E-state index contributed by atoms with van der Waals surface area (Å²) in [4.78, 5) is 15.7. The van der Waals surface area contributed by atoms with Crippen molar-refractivity contribution in [2.45, 2.75) is 19.8 Å². The van der Waals surface area contributed by atoms with Gasteiger partial charge in [-0.05, 0) is 12.5 Å². The number of carboxylic acid groups (broad SMARTS) is 1. The molecule has 0 amide bonds. The fraction of sp³-hybridized carbons (Fsp3) is 0.273. The molecule has 0 saturated carbocycles. The quantitative estimate of drug-likeness (QED) is 0.887. The number of carbonyl (C=O) groups is 1. The summed E-state index contributed by atoms with van der Waals surface area (Å²) in [6.07, 6.45) is 4.70. The summed E-state index contributed by atoms with van der Waals surface area (Å²) in [5.41, 5.74) is 1.49. The molecule has 0 fully saturated rings. The molecule has 0 unspecified atom stereocenters. The van der Waals surface area contributed by atoms with Crippen LogP contribution in [0.15, 0.2) is 23.0 Å². The molecule has 0 saturated heterocycles. The minimum atomic E-state index is -0.907. The van der Waals surface area contributed by atoms with E-state index < -0.39 is 5.97 Å². The van der Waals surface area contributed by atoms with Crippen molar-refractivity contribution in [2.24, 2.45) is 0 Å². The van der Waals surface area contributed by atoms with E-state index in [0.29, 0.717) is 22.0 Å². The third-order valence-corrected chi connectivity index (χ3v) is 3.28. The Hall–Kier alpha value is -1.62. The first kappa shape index (κ1) is 10.9. The molecule has 0 aliphatic rings. The van der Waals surface area contributed by atoms with E-state index in [9.17, 15) is 4.79 Å². The highest BCUT2D eigenvalue weighted by molar-refractivity contribution is 7.17. The number of aryl methyl sites for hydroxylation is 1. The van der Waals surface area contributed by atoms with Crippen LogP contribution in [0.1, 0.15) is 28.7 Å². The molecule has 84 valence electrons. The average molecular weight is 237 g/mol. The fourth-order valence-corrected chi connectivity index (χ4v) is 2.37. The molecule has 0 aliphatic carbocycles. The SMILES string of the molecule is CCCc1nc(-c2ccoc2)sc1C(=O)O. The molecule has 5 heteroatoms. The second kappa shape index (κ2) is 4.49. The molecule has 0 aromatic carbocycles. The van der Waals surface area contributed by atoms with Crippen LogP contribution in [0.4, 0.5) is 0 Å². The number of rotatable bonds is 4. The highest BCUT2D eigenvalue weighted by Crippen LogP contribution is 2.29.